The number of hydrogen-bond donors (Lipinski definition) is 2. The summed E-state index contributed by atoms with van der Waals surface area (Å²) in [5.41, 5.74) is -0.256. The van der Waals surface area contributed by atoms with E-state index in [1.165, 1.54) is 13.4 Å². The number of anilines is 3. The molecule has 0 radical (unpaired) electrons. The Morgan fingerprint density at radius 2 is 1.71 bits per heavy atom. The number of rotatable bonds is 5. The molecule has 1 aromatic heterocycles. The van der Waals surface area contributed by atoms with Crippen molar-refractivity contribution in [3.05, 3.63) is 35.9 Å². The molecule has 1 heterocycles. The number of nitrogens with one attached hydrogen (secondary N) is 2. The van der Waals surface area contributed by atoms with Gasteiger partial charge in [0.25, 0.3) is 0 Å². The third-order valence-corrected chi connectivity index (χ3v) is 2.62. The van der Waals surface area contributed by atoms with Crippen LogP contribution in [0.15, 0.2) is 18.5 Å². The lowest BCUT2D eigenvalue weighted by molar-refractivity contribution is 0.415. The zero-order chi connectivity index (χ0) is 15.4. The summed E-state index contributed by atoms with van der Waals surface area (Å²) in [6, 6.07) is 1.16. The van der Waals surface area contributed by atoms with Crippen molar-refractivity contribution in [3.8, 4) is 5.75 Å². The first-order valence-electron chi connectivity index (χ1n) is 6.11. The third kappa shape index (κ3) is 3.15. The van der Waals surface area contributed by atoms with Crippen molar-refractivity contribution in [1.29, 1.82) is 0 Å². The lowest BCUT2D eigenvalue weighted by atomic mass is 10.2. The molecular formula is C13H13F3N4O. The van der Waals surface area contributed by atoms with Gasteiger partial charge in [-0.2, -0.15) is 0 Å². The highest BCUT2D eigenvalue weighted by Crippen LogP contribution is 2.32. The Kier molecular flexibility index (Phi) is 4.46. The molecule has 112 valence electrons. The number of ether oxygens (including phenoxy) is 1. The highest BCUT2D eigenvalue weighted by Gasteiger charge is 2.15. The molecule has 0 aliphatic carbocycles. The van der Waals surface area contributed by atoms with E-state index < -0.39 is 17.5 Å². The van der Waals surface area contributed by atoms with Crippen LogP contribution in [0.4, 0.5) is 30.5 Å². The fourth-order valence-electron chi connectivity index (χ4n) is 1.70. The summed E-state index contributed by atoms with van der Waals surface area (Å²) in [5, 5.41) is 5.51. The predicted molar refractivity (Wildman–Crippen MR) is 72.3 cm³/mol. The van der Waals surface area contributed by atoms with Crippen LogP contribution in [-0.2, 0) is 0 Å². The maximum absolute atomic E-state index is 13.6. The molecule has 0 unspecified atom stereocenters. The molecule has 0 saturated heterocycles. The van der Waals surface area contributed by atoms with Gasteiger partial charge in [0, 0.05) is 18.7 Å². The Hall–Kier alpha value is -2.51. The lowest BCUT2D eigenvalue weighted by Crippen LogP contribution is -2.06. The van der Waals surface area contributed by atoms with Crippen LogP contribution in [0.5, 0.6) is 5.75 Å². The smallest absolute Gasteiger partial charge is 0.204 e. The van der Waals surface area contributed by atoms with E-state index in [1.54, 1.807) is 0 Å². The van der Waals surface area contributed by atoms with Gasteiger partial charge in [-0.3, -0.25) is 0 Å². The second-order valence-corrected chi connectivity index (χ2v) is 4.01. The van der Waals surface area contributed by atoms with E-state index in [0.29, 0.717) is 24.5 Å². The van der Waals surface area contributed by atoms with Gasteiger partial charge in [-0.05, 0) is 6.92 Å². The summed E-state index contributed by atoms with van der Waals surface area (Å²) in [7, 11) is 1.40. The van der Waals surface area contributed by atoms with Crippen LogP contribution in [-0.4, -0.2) is 23.6 Å². The Morgan fingerprint density at radius 1 is 1.05 bits per heavy atom. The average molecular weight is 298 g/mol. The van der Waals surface area contributed by atoms with Crippen molar-refractivity contribution in [2.45, 2.75) is 6.92 Å². The third-order valence-electron chi connectivity index (χ3n) is 2.62. The first kappa shape index (κ1) is 14.9. The van der Waals surface area contributed by atoms with E-state index in [9.17, 15) is 13.2 Å². The molecule has 2 N–H and O–H groups in total. The molecular weight excluding hydrogens is 285 g/mol. The summed E-state index contributed by atoms with van der Waals surface area (Å²) in [6.07, 6.45) is 1.24. The zero-order valence-corrected chi connectivity index (χ0v) is 11.4. The Morgan fingerprint density at radius 3 is 2.38 bits per heavy atom. The van der Waals surface area contributed by atoms with Crippen molar-refractivity contribution in [2.75, 3.05) is 24.3 Å². The van der Waals surface area contributed by atoms with E-state index in [4.69, 9.17) is 4.74 Å². The van der Waals surface area contributed by atoms with Gasteiger partial charge in [0.2, 0.25) is 5.75 Å². The molecule has 0 bridgehead atoms. The number of halogens is 3. The van der Waals surface area contributed by atoms with Gasteiger partial charge in [-0.1, -0.05) is 0 Å². The predicted octanol–water partition coefficient (Wildman–Crippen LogP) is 3.08. The molecule has 0 atom stereocenters. The van der Waals surface area contributed by atoms with Gasteiger partial charge in [0.15, 0.2) is 23.3 Å². The first-order valence-corrected chi connectivity index (χ1v) is 6.11. The van der Waals surface area contributed by atoms with E-state index in [1.807, 2.05) is 6.92 Å². The molecule has 0 amide bonds. The van der Waals surface area contributed by atoms with Crippen LogP contribution in [0.3, 0.4) is 0 Å². The van der Waals surface area contributed by atoms with Gasteiger partial charge < -0.3 is 15.4 Å². The van der Waals surface area contributed by atoms with Gasteiger partial charge in [0.1, 0.15) is 12.1 Å². The monoisotopic (exact) mass is 298 g/mol. The molecule has 1 aromatic carbocycles. The Balaban J connectivity index is 2.40. The summed E-state index contributed by atoms with van der Waals surface area (Å²) in [5.74, 6) is -2.60. The fourth-order valence-corrected chi connectivity index (χ4v) is 1.70. The molecule has 2 rings (SSSR count). The quantitative estimate of drug-likeness (QED) is 0.831. The summed E-state index contributed by atoms with van der Waals surface area (Å²) in [4.78, 5) is 7.89. The second-order valence-electron chi connectivity index (χ2n) is 4.01. The number of nitrogens with zero attached hydrogens (tertiary/aromatic N) is 2. The maximum atomic E-state index is 13.6. The molecule has 0 saturated carbocycles. The Labute approximate surface area is 119 Å². The topological polar surface area (TPSA) is 59.1 Å². The van der Waals surface area contributed by atoms with Gasteiger partial charge in [-0.15, -0.1) is 0 Å². The normalized spacial score (nSPS) is 10.3. The minimum Gasteiger partial charge on any atom is -0.490 e. The molecule has 0 aliphatic rings. The van der Waals surface area contributed by atoms with Crippen LogP contribution >= 0.6 is 0 Å². The minimum absolute atomic E-state index is 0.133. The van der Waals surface area contributed by atoms with Crippen LogP contribution < -0.4 is 15.4 Å². The van der Waals surface area contributed by atoms with Gasteiger partial charge in [-0.25, -0.2) is 23.1 Å². The van der Waals surface area contributed by atoms with Crippen molar-refractivity contribution in [2.24, 2.45) is 0 Å². The standard InChI is InChI=1S/C13H13F3N4O/c1-3-17-12-11(21-2)13(19-6-18-12)20-10-5-8(15)7(14)4-9(10)16/h4-6H,3H2,1-2H3,(H2,17,18,19,20). The molecule has 5 nitrogen and oxygen atoms in total. The fraction of sp³-hybridized carbons (Fsp3) is 0.231. The van der Waals surface area contributed by atoms with Crippen LogP contribution in [0.25, 0.3) is 0 Å². The lowest BCUT2D eigenvalue weighted by Gasteiger charge is -2.14. The van der Waals surface area contributed by atoms with E-state index in [2.05, 4.69) is 20.6 Å². The summed E-state index contributed by atoms with van der Waals surface area (Å²) in [6.45, 7) is 2.45. The maximum Gasteiger partial charge on any atom is 0.204 e. The van der Waals surface area contributed by atoms with E-state index in [0.717, 1.165) is 0 Å². The zero-order valence-electron chi connectivity index (χ0n) is 11.4. The van der Waals surface area contributed by atoms with Crippen molar-refractivity contribution in [3.63, 3.8) is 0 Å². The number of methoxy groups -OCH3 is 1. The number of aromatic nitrogens is 2. The highest BCUT2D eigenvalue weighted by molar-refractivity contribution is 5.69. The number of benzene rings is 1. The number of hydrogen-bond acceptors (Lipinski definition) is 5. The largest absolute Gasteiger partial charge is 0.490 e. The molecule has 0 aliphatic heterocycles. The van der Waals surface area contributed by atoms with E-state index in [-0.39, 0.29) is 17.3 Å². The van der Waals surface area contributed by atoms with E-state index >= 15 is 0 Å². The van der Waals surface area contributed by atoms with Crippen molar-refractivity contribution >= 4 is 17.3 Å². The minimum atomic E-state index is -1.26. The summed E-state index contributed by atoms with van der Waals surface area (Å²) < 4.78 is 44.9. The highest BCUT2D eigenvalue weighted by atomic mass is 19.2. The molecule has 0 fully saturated rings. The second kappa shape index (κ2) is 6.29. The molecule has 0 spiro atoms. The van der Waals surface area contributed by atoms with Crippen LogP contribution in [0, 0.1) is 17.5 Å². The van der Waals surface area contributed by atoms with Gasteiger partial charge >= 0.3 is 0 Å². The van der Waals surface area contributed by atoms with Crippen molar-refractivity contribution in [1.82, 2.24) is 9.97 Å². The van der Waals surface area contributed by atoms with Crippen molar-refractivity contribution < 1.29 is 17.9 Å². The summed E-state index contributed by atoms with van der Waals surface area (Å²) >= 11 is 0. The van der Waals surface area contributed by atoms with Crippen LogP contribution in [0.2, 0.25) is 0 Å². The molecule has 8 heteroatoms. The molecule has 21 heavy (non-hydrogen) atoms. The van der Waals surface area contributed by atoms with Gasteiger partial charge in [0.05, 0.1) is 12.8 Å². The SMILES string of the molecule is CCNc1ncnc(Nc2cc(F)c(F)cc2F)c1OC. The van der Waals surface area contributed by atoms with Crippen LogP contribution in [0.1, 0.15) is 6.92 Å². The Bertz CT molecular complexity index is 652. The average Bonchev–Trinajstić information content (AvgIpc) is 2.45. The first-order chi connectivity index (χ1) is 10.1. The molecule has 2 aromatic rings.